The smallest absolute Gasteiger partial charge is 0.0945 e. The van der Waals surface area contributed by atoms with Crippen LogP contribution >= 0.6 is 0 Å². The third-order valence-corrected chi connectivity index (χ3v) is 3.36. The first-order chi connectivity index (χ1) is 9.93. The van der Waals surface area contributed by atoms with Crippen molar-refractivity contribution in [3.8, 4) is 0 Å². The van der Waals surface area contributed by atoms with Gasteiger partial charge in [-0.25, -0.2) is 4.98 Å². The van der Waals surface area contributed by atoms with Crippen LogP contribution in [0, 0.1) is 0 Å². The van der Waals surface area contributed by atoms with E-state index in [1.54, 1.807) is 0 Å². The predicted molar refractivity (Wildman–Crippen MR) is 80.3 cm³/mol. The van der Waals surface area contributed by atoms with E-state index in [9.17, 15) is 0 Å². The van der Waals surface area contributed by atoms with Crippen LogP contribution in [0.15, 0.2) is 55.2 Å². The predicted octanol–water partition coefficient (Wildman–Crippen LogP) is 2.61. The number of nitrogens with one attached hydrogen (secondary N) is 1. The summed E-state index contributed by atoms with van der Waals surface area (Å²) < 4.78 is 2.10. The monoisotopic (exact) mass is 266 g/mol. The Labute approximate surface area is 118 Å². The van der Waals surface area contributed by atoms with Gasteiger partial charge in [-0.3, -0.25) is 4.98 Å². The minimum atomic E-state index is 0.859. The van der Waals surface area contributed by atoms with Gasteiger partial charge in [0.25, 0.3) is 0 Å². The maximum atomic E-state index is 4.47. The lowest BCUT2D eigenvalue weighted by atomic mass is 10.1. The molecule has 0 saturated heterocycles. The molecular formula is C16H18N4. The van der Waals surface area contributed by atoms with E-state index in [4.69, 9.17) is 0 Å². The summed E-state index contributed by atoms with van der Waals surface area (Å²) in [4.78, 5) is 8.51. The number of hydrogen-bond donors (Lipinski definition) is 1. The molecule has 1 aromatic carbocycles. The molecule has 0 atom stereocenters. The number of rotatable bonds is 6. The summed E-state index contributed by atoms with van der Waals surface area (Å²) in [7, 11) is 0. The van der Waals surface area contributed by atoms with Crippen LogP contribution in [0.25, 0.3) is 10.9 Å². The molecule has 0 spiro atoms. The molecule has 0 aliphatic rings. The number of hydrogen-bond acceptors (Lipinski definition) is 3. The minimum Gasteiger partial charge on any atom is -0.337 e. The van der Waals surface area contributed by atoms with Crippen molar-refractivity contribution in [2.75, 3.05) is 6.54 Å². The molecule has 0 fully saturated rings. The number of fused-ring (bicyclic) bond motifs is 1. The van der Waals surface area contributed by atoms with E-state index in [1.165, 1.54) is 10.9 Å². The molecule has 0 radical (unpaired) electrons. The Morgan fingerprint density at radius 1 is 1.10 bits per heavy atom. The molecule has 0 aliphatic heterocycles. The average molecular weight is 266 g/mol. The van der Waals surface area contributed by atoms with Crippen molar-refractivity contribution in [1.82, 2.24) is 19.9 Å². The zero-order chi connectivity index (χ0) is 13.6. The summed E-state index contributed by atoms with van der Waals surface area (Å²) in [5, 5.41) is 4.68. The molecule has 0 saturated carbocycles. The fourth-order valence-electron chi connectivity index (χ4n) is 2.34. The number of aryl methyl sites for hydroxylation is 1. The van der Waals surface area contributed by atoms with Gasteiger partial charge < -0.3 is 9.88 Å². The normalized spacial score (nSPS) is 11.0. The summed E-state index contributed by atoms with van der Waals surface area (Å²) in [5.74, 6) is 0. The van der Waals surface area contributed by atoms with Gasteiger partial charge in [-0.05, 0) is 24.6 Å². The van der Waals surface area contributed by atoms with Gasteiger partial charge in [0.05, 0.1) is 11.8 Å². The third-order valence-electron chi connectivity index (χ3n) is 3.36. The number of benzene rings is 1. The molecule has 102 valence electrons. The van der Waals surface area contributed by atoms with E-state index >= 15 is 0 Å². The van der Waals surface area contributed by atoms with Crippen molar-refractivity contribution in [3.05, 3.63) is 60.8 Å². The van der Waals surface area contributed by atoms with E-state index in [0.29, 0.717) is 0 Å². The van der Waals surface area contributed by atoms with Crippen LogP contribution in [0.1, 0.15) is 12.0 Å². The summed E-state index contributed by atoms with van der Waals surface area (Å²) in [6.07, 6.45) is 8.61. The van der Waals surface area contributed by atoms with E-state index in [-0.39, 0.29) is 0 Å². The van der Waals surface area contributed by atoms with Crippen LogP contribution in [-0.2, 0) is 13.1 Å². The first-order valence-corrected chi connectivity index (χ1v) is 6.92. The molecule has 0 amide bonds. The topological polar surface area (TPSA) is 42.7 Å². The molecular weight excluding hydrogens is 248 g/mol. The van der Waals surface area contributed by atoms with Gasteiger partial charge in [0.15, 0.2) is 0 Å². The highest BCUT2D eigenvalue weighted by atomic mass is 15.0. The maximum Gasteiger partial charge on any atom is 0.0945 e. The highest BCUT2D eigenvalue weighted by Gasteiger charge is 2.00. The molecule has 4 nitrogen and oxygen atoms in total. The largest absolute Gasteiger partial charge is 0.337 e. The van der Waals surface area contributed by atoms with Crippen LogP contribution in [0.3, 0.4) is 0 Å². The molecule has 2 aromatic heterocycles. The van der Waals surface area contributed by atoms with Gasteiger partial charge in [-0.2, -0.15) is 0 Å². The standard InChI is InChI=1S/C16H18N4/c1-4-14-6-2-8-19-16(14)15(5-1)12-17-7-3-10-20-11-9-18-13-20/h1-2,4-6,8-9,11,13,17H,3,7,10,12H2. The minimum absolute atomic E-state index is 0.859. The number of para-hydroxylation sites is 1. The summed E-state index contributed by atoms with van der Waals surface area (Å²) in [6, 6.07) is 10.4. The second-order valence-corrected chi connectivity index (χ2v) is 4.82. The lowest BCUT2D eigenvalue weighted by Crippen LogP contribution is -2.16. The second kappa shape index (κ2) is 6.30. The number of imidazole rings is 1. The molecule has 0 bridgehead atoms. The molecule has 2 heterocycles. The van der Waals surface area contributed by atoms with Gasteiger partial charge in [-0.1, -0.05) is 24.3 Å². The van der Waals surface area contributed by atoms with Gasteiger partial charge in [0.2, 0.25) is 0 Å². The summed E-state index contributed by atoms with van der Waals surface area (Å²) >= 11 is 0. The molecule has 3 aromatic rings. The summed E-state index contributed by atoms with van der Waals surface area (Å²) in [5.41, 5.74) is 2.35. The molecule has 0 unspecified atom stereocenters. The van der Waals surface area contributed by atoms with Gasteiger partial charge in [0.1, 0.15) is 0 Å². The maximum absolute atomic E-state index is 4.47. The van der Waals surface area contributed by atoms with Crippen LogP contribution in [0.5, 0.6) is 0 Å². The Morgan fingerprint density at radius 3 is 2.95 bits per heavy atom. The van der Waals surface area contributed by atoms with Crippen LogP contribution < -0.4 is 5.32 Å². The fraction of sp³-hybridized carbons (Fsp3) is 0.250. The van der Waals surface area contributed by atoms with Crippen molar-refractivity contribution < 1.29 is 0 Å². The van der Waals surface area contributed by atoms with E-state index in [0.717, 1.165) is 31.6 Å². The third kappa shape index (κ3) is 3.03. The van der Waals surface area contributed by atoms with Crippen molar-refractivity contribution in [1.29, 1.82) is 0 Å². The summed E-state index contributed by atoms with van der Waals surface area (Å²) in [6.45, 7) is 2.85. The van der Waals surface area contributed by atoms with Gasteiger partial charge in [-0.15, -0.1) is 0 Å². The average Bonchev–Trinajstić information content (AvgIpc) is 3.00. The quantitative estimate of drug-likeness (QED) is 0.697. The Bertz CT molecular complexity index is 656. The van der Waals surface area contributed by atoms with Crippen molar-refractivity contribution in [2.24, 2.45) is 0 Å². The molecule has 20 heavy (non-hydrogen) atoms. The molecule has 4 heteroatoms. The van der Waals surface area contributed by atoms with E-state index in [2.05, 4.69) is 44.1 Å². The van der Waals surface area contributed by atoms with E-state index in [1.807, 2.05) is 31.0 Å². The fourth-order valence-corrected chi connectivity index (χ4v) is 2.34. The lowest BCUT2D eigenvalue weighted by molar-refractivity contribution is 0.581. The Kier molecular flexibility index (Phi) is 4.04. The van der Waals surface area contributed by atoms with Crippen molar-refractivity contribution in [3.63, 3.8) is 0 Å². The highest BCUT2D eigenvalue weighted by Crippen LogP contribution is 2.15. The first kappa shape index (κ1) is 12.8. The van der Waals surface area contributed by atoms with Crippen molar-refractivity contribution in [2.45, 2.75) is 19.5 Å². The molecule has 3 rings (SSSR count). The lowest BCUT2D eigenvalue weighted by Gasteiger charge is -2.08. The number of nitrogens with zero attached hydrogens (tertiary/aromatic N) is 3. The zero-order valence-electron chi connectivity index (χ0n) is 11.4. The van der Waals surface area contributed by atoms with Crippen molar-refractivity contribution >= 4 is 10.9 Å². The number of aromatic nitrogens is 3. The van der Waals surface area contributed by atoms with Crippen LogP contribution in [0.2, 0.25) is 0 Å². The Balaban J connectivity index is 1.52. The Hall–Kier alpha value is -2.20. The first-order valence-electron chi connectivity index (χ1n) is 6.92. The highest BCUT2D eigenvalue weighted by molar-refractivity contribution is 5.81. The van der Waals surface area contributed by atoms with Crippen LogP contribution in [-0.4, -0.2) is 21.1 Å². The molecule has 1 N–H and O–H groups in total. The van der Waals surface area contributed by atoms with E-state index < -0.39 is 0 Å². The van der Waals surface area contributed by atoms with Gasteiger partial charge >= 0.3 is 0 Å². The van der Waals surface area contributed by atoms with Crippen LogP contribution in [0.4, 0.5) is 0 Å². The molecule has 0 aliphatic carbocycles. The second-order valence-electron chi connectivity index (χ2n) is 4.82. The Morgan fingerprint density at radius 2 is 2.05 bits per heavy atom. The van der Waals surface area contributed by atoms with Gasteiger partial charge in [0, 0.05) is 37.1 Å². The SMILES string of the molecule is c1cnc2c(CNCCCn3ccnc3)cccc2c1. The zero-order valence-corrected chi connectivity index (χ0v) is 11.4. The number of pyridine rings is 1.